The lowest BCUT2D eigenvalue weighted by atomic mass is 9.96. The maximum atomic E-state index is 4.69. The van der Waals surface area contributed by atoms with E-state index in [1.54, 1.807) is 0 Å². The topological polar surface area (TPSA) is 37.3 Å². The SMILES string of the molecule is CCC1(C)CCSC(=NCc2cnccc2C)N1. The van der Waals surface area contributed by atoms with Crippen LogP contribution in [0.3, 0.4) is 0 Å². The second kappa shape index (κ2) is 5.74. The van der Waals surface area contributed by atoms with Crippen molar-refractivity contribution in [3.05, 3.63) is 29.6 Å². The third-order valence-electron chi connectivity index (χ3n) is 3.62. The second-order valence-electron chi connectivity index (χ2n) is 5.06. The lowest BCUT2D eigenvalue weighted by Gasteiger charge is -2.35. The zero-order chi connectivity index (χ0) is 13.0. The molecule has 0 spiro atoms. The van der Waals surface area contributed by atoms with Crippen LogP contribution in [0, 0.1) is 6.92 Å². The number of aromatic nitrogens is 1. The van der Waals surface area contributed by atoms with Crippen molar-refractivity contribution in [2.75, 3.05) is 5.75 Å². The molecule has 1 fully saturated rings. The first-order valence-electron chi connectivity index (χ1n) is 6.48. The van der Waals surface area contributed by atoms with Crippen molar-refractivity contribution in [1.82, 2.24) is 10.3 Å². The highest BCUT2D eigenvalue weighted by atomic mass is 32.2. The Morgan fingerprint density at radius 1 is 1.56 bits per heavy atom. The van der Waals surface area contributed by atoms with Crippen LogP contribution in [-0.2, 0) is 6.54 Å². The molecule has 4 heteroatoms. The van der Waals surface area contributed by atoms with Crippen LogP contribution in [0.5, 0.6) is 0 Å². The Bertz CT molecular complexity index is 444. The summed E-state index contributed by atoms with van der Waals surface area (Å²) >= 11 is 1.82. The molecule has 18 heavy (non-hydrogen) atoms. The summed E-state index contributed by atoms with van der Waals surface area (Å²) in [6.45, 7) is 7.33. The van der Waals surface area contributed by atoms with Gasteiger partial charge in [0.25, 0.3) is 0 Å². The van der Waals surface area contributed by atoms with E-state index >= 15 is 0 Å². The molecule has 0 saturated carbocycles. The molecule has 0 radical (unpaired) electrons. The molecule has 3 nitrogen and oxygen atoms in total. The molecule has 2 heterocycles. The van der Waals surface area contributed by atoms with E-state index in [-0.39, 0.29) is 5.54 Å². The van der Waals surface area contributed by atoms with Crippen LogP contribution in [0.4, 0.5) is 0 Å². The standard InChI is InChI=1S/C14H21N3S/c1-4-14(3)6-8-18-13(17-14)16-10-12-9-15-7-5-11(12)2/h5,7,9H,4,6,8,10H2,1-3H3,(H,16,17). The second-order valence-corrected chi connectivity index (χ2v) is 6.14. The fraction of sp³-hybridized carbons (Fsp3) is 0.571. The first-order valence-corrected chi connectivity index (χ1v) is 7.46. The molecule has 0 amide bonds. The van der Waals surface area contributed by atoms with E-state index in [1.165, 1.54) is 17.5 Å². The Labute approximate surface area is 113 Å². The number of aliphatic imine (C=N–C) groups is 1. The Hall–Kier alpha value is -1.03. The zero-order valence-corrected chi connectivity index (χ0v) is 12.2. The third-order valence-corrected chi connectivity index (χ3v) is 4.53. The molecule has 1 saturated heterocycles. The maximum absolute atomic E-state index is 4.69. The van der Waals surface area contributed by atoms with Gasteiger partial charge in [-0.3, -0.25) is 9.98 Å². The highest BCUT2D eigenvalue weighted by molar-refractivity contribution is 8.13. The minimum atomic E-state index is 0.216. The fourth-order valence-corrected chi connectivity index (χ4v) is 3.12. The van der Waals surface area contributed by atoms with Crippen molar-refractivity contribution < 1.29 is 0 Å². The number of hydrogen-bond acceptors (Lipinski definition) is 3. The summed E-state index contributed by atoms with van der Waals surface area (Å²) in [5, 5.41) is 4.64. The van der Waals surface area contributed by atoms with E-state index in [0.29, 0.717) is 0 Å². The van der Waals surface area contributed by atoms with Gasteiger partial charge in [0, 0.05) is 23.7 Å². The number of amidine groups is 1. The third kappa shape index (κ3) is 3.25. The van der Waals surface area contributed by atoms with Gasteiger partial charge in [-0.15, -0.1) is 0 Å². The summed E-state index contributed by atoms with van der Waals surface area (Å²) in [7, 11) is 0. The minimum Gasteiger partial charge on any atom is -0.360 e. The molecule has 1 aliphatic rings. The summed E-state index contributed by atoms with van der Waals surface area (Å²) < 4.78 is 0. The first-order chi connectivity index (χ1) is 8.63. The van der Waals surface area contributed by atoms with E-state index in [2.05, 4.69) is 36.1 Å². The van der Waals surface area contributed by atoms with Crippen LogP contribution in [-0.4, -0.2) is 21.4 Å². The Morgan fingerprint density at radius 2 is 2.39 bits per heavy atom. The summed E-state index contributed by atoms with van der Waals surface area (Å²) in [4.78, 5) is 8.84. The predicted molar refractivity (Wildman–Crippen MR) is 79.0 cm³/mol. The summed E-state index contributed by atoms with van der Waals surface area (Å²) in [5.41, 5.74) is 2.68. The number of pyridine rings is 1. The quantitative estimate of drug-likeness (QED) is 0.910. The molecule has 0 bridgehead atoms. The van der Waals surface area contributed by atoms with Crippen molar-refractivity contribution >= 4 is 16.9 Å². The molecule has 1 aromatic heterocycles. The smallest absolute Gasteiger partial charge is 0.157 e. The van der Waals surface area contributed by atoms with Crippen molar-refractivity contribution in [3.63, 3.8) is 0 Å². The minimum absolute atomic E-state index is 0.216. The lowest BCUT2D eigenvalue weighted by molar-refractivity contribution is 0.390. The van der Waals surface area contributed by atoms with Crippen LogP contribution in [0.1, 0.15) is 37.8 Å². The molecule has 0 aliphatic carbocycles. The predicted octanol–water partition coefficient (Wildman–Crippen LogP) is 3.14. The van der Waals surface area contributed by atoms with E-state index in [4.69, 9.17) is 0 Å². The van der Waals surface area contributed by atoms with Gasteiger partial charge in [-0.25, -0.2) is 0 Å². The molecule has 1 unspecified atom stereocenters. The van der Waals surface area contributed by atoms with Crippen LogP contribution in [0.25, 0.3) is 0 Å². The zero-order valence-electron chi connectivity index (χ0n) is 11.4. The number of nitrogens with one attached hydrogen (secondary N) is 1. The average molecular weight is 263 g/mol. The lowest BCUT2D eigenvalue weighted by Crippen LogP contribution is -2.48. The summed E-state index contributed by atoms with van der Waals surface area (Å²) in [5.74, 6) is 1.15. The molecule has 1 aromatic rings. The largest absolute Gasteiger partial charge is 0.360 e. The van der Waals surface area contributed by atoms with Crippen LogP contribution >= 0.6 is 11.8 Å². The Morgan fingerprint density at radius 3 is 3.11 bits per heavy atom. The number of thioether (sulfide) groups is 1. The first kappa shape index (κ1) is 13.4. The van der Waals surface area contributed by atoms with E-state index in [1.807, 2.05) is 30.2 Å². The molecular weight excluding hydrogens is 242 g/mol. The molecule has 1 N–H and O–H groups in total. The van der Waals surface area contributed by atoms with E-state index < -0.39 is 0 Å². The van der Waals surface area contributed by atoms with Crippen molar-refractivity contribution in [2.24, 2.45) is 4.99 Å². The highest BCUT2D eigenvalue weighted by Gasteiger charge is 2.27. The Balaban J connectivity index is 2.04. The van der Waals surface area contributed by atoms with Gasteiger partial charge < -0.3 is 5.32 Å². The highest BCUT2D eigenvalue weighted by Crippen LogP contribution is 2.25. The number of hydrogen-bond donors (Lipinski definition) is 1. The van der Waals surface area contributed by atoms with Gasteiger partial charge in [-0.1, -0.05) is 18.7 Å². The molecule has 1 atom stereocenters. The van der Waals surface area contributed by atoms with Gasteiger partial charge >= 0.3 is 0 Å². The van der Waals surface area contributed by atoms with Gasteiger partial charge in [-0.05, 0) is 43.9 Å². The van der Waals surface area contributed by atoms with Gasteiger partial charge in [0.15, 0.2) is 5.17 Å². The number of aryl methyl sites for hydroxylation is 1. The molecule has 1 aliphatic heterocycles. The Kier molecular flexibility index (Phi) is 4.27. The van der Waals surface area contributed by atoms with Gasteiger partial charge in [0.05, 0.1) is 6.54 Å². The fourth-order valence-electron chi connectivity index (χ4n) is 1.90. The normalized spacial score (nSPS) is 26.1. The van der Waals surface area contributed by atoms with E-state index in [9.17, 15) is 0 Å². The van der Waals surface area contributed by atoms with Crippen molar-refractivity contribution in [1.29, 1.82) is 0 Å². The molecule has 2 rings (SSSR count). The summed E-state index contributed by atoms with van der Waals surface area (Å²) in [6.07, 6.45) is 6.08. The van der Waals surface area contributed by atoms with Crippen LogP contribution < -0.4 is 5.32 Å². The number of nitrogens with zero attached hydrogens (tertiary/aromatic N) is 2. The van der Waals surface area contributed by atoms with Crippen molar-refractivity contribution in [2.45, 2.75) is 45.7 Å². The van der Waals surface area contributed by atoms with Gasteiger partial charge in [0.2, 0.25) is 0 Å². The maximum Gasteiger partial charge on any atom is 0.157 e. The molecule has 0 aromatic carbocycles. The van der Waals surface area contributed by atoms with Gasteiger partial charge in [0.1, 0.15) is 0 Å². The molecule has 98 valence electrons. The van der Waals surface area contributed by atoms with Crippen LogP contribution in [0.15, 0.2) is 23.5 Å². The number of rotatable bonds is 3. The average Bonchev–Trinajstić information content (AvgIpc) is 2.38. The van der Waals surface area contributed by atoms with Gasteiger partial charge in [-0.2, -0.15) is 0 Å². The van der Waals surface area contributed by atoms with Crippen molar-refractivity contribution in [3.8, 4) is 0 Å². The van der Waals surface area contributed by atoms with E-state index in [0.717, 1.165) is 23.9 Å². The monoisotopic (exact) mass is 263 g/mol. The van der Waals surface area contributed by atoms with Crippen LogP contribution in [0.2, 0.25) is 0 Å². The summed E-state index contributed by atoms with van der Waals surface area (Å²) in [6, 6.07) is 2.03. The molecular formula is C14H21N3S.